The molecule has 0 radical (unpaired) electrons. The Morgan fingerprint density at radius 2 is 2.11 bits per heavy atom. The molecular formula is C11H12ClN3O2S. The van der Waals surface area contributed by atoms with Gasteiger partial charge in [-0.2, -0.15) is 5.10 Å². The van der Waals surface area contributed by atoms with Gasteiger partial charge in [0.15, 0.2) is 0 Å². The molecule has 0 unspecified atom stereocenters. The predicted octanol–water partition coefficient (Wildman–Crippen LogP) is 2.26. The van der Waals surface area contributed by atoms with Crippen LogP contribution in [0.3, 0.4) is 0 Å². The predicted molar refractivity (Wildman–Crippen MR) is 70.1 cm³/mol. The fraction of sp³-hybridized carbons (Fsp3) is 0.182. The highest BCUT2D eigenvalue weighted by molar-refractivity contribution is 7.92. The van der Waals surface area contributed by atoms with Gasteiger partial charge in [-0.3, -0.25) is 9.82 Å². The summed E-state index contributed by atoms with van der Waals surface area (Å²) in [5, 5.41) is 6.30. The molecule has 2 rings (SSSR count). The molecule has 2 N–H and O–H groups in total. The molecule has 0 saturated carbocycles. The summed E-state index contributed by atoms with van der Waals surface area (Å²) in [5.74, 6) is 0.239. The van der Waals surface area contributed by atoms with Crippen LogP contribution in [0.4, 0.5) is 5.69 Å². The average molecular weight is 286 g/mol. The number of aromatic nitrogens is 2. The Bertz CT molecular complexity index is 652. The van der Waals surface area contributed by atoms with E-state index in [4.69, 9.17) is 11.6 Å². The second-order valence-electron chi connectivity index (χ2n) is 3.76. The number of rotatable bonds is 4. The molecule has 0 atom stereocenters. The third-order valence-corrected chi connectivity index (χ3v) is 4.25. The molecule has 5 nitrogen and oxygen atoms in total. The third-order valence-electron chi connectivity index (χ3n) is 2.48. The van der Waals surface area contributed by atoms with Gasteiger partial charge in [0.1, 0.15) is 4.90 Å². The summed E-state index contributed by atoms with van der Waals surface area (Å²) in [6.07, 6.45) is 1.28. The normalized spacial score (nSPS) is 11.4. The van der Waals surface area contributed by atoms with E-state index >= 15 is 0 Å². The van der Waals surface area contributed by atoms with Crippen molar-refractivity contribution in [2.45, 2.75) is 17.7 Å². The van der Waals surface area contributed by atoms with E-state index in [1.165, 1.54) is 6.20 Å². The summed E-state index contributed by atoms with van der Waals surface area (Å²) in [4.78, 5) is 0.131. The van der Waals surface area contributed by atoms with Crippen LogP contribution in [-0.2, 0) is 15.9 Å². The molecule has 2 aromatic rings. The lowest BCUT2D eigenvalue weighted by Crippen LogP contribution is -2.14. The first-order chi connectivity index (χ1) is 8.54. The van der Waals surface area contributed by atoms with Crippen LogP contribution < -0.4 is 4.72 Å². The van der Waals surface area contributed by atoms with E-state index in [1.807, 2.05) is 0 Å². The van der Waals surface area contributed by atoms with Crippen LogP contribution in [0.2, 0.25) is 0 Å². The molecule has 0 saturated heterocycles. The van der Waals surface area contributed by atoms with Crippen molar-refractivity contribution in [3.63, 3.8) is 0 Å². The number of aromatic amines is 1. The SMILES string of the molecule is Cc1[nH]ncc1S(=O)(=O)Nc1ccccc1CCl. The lowest BCUT2D eigenvalue weighted by Gasteiger charge is -2.10. The molecule has 0 aliphatic carbocycles. The Labute approximate surface area is 110 Å². The van der Waals surface area contributed by atoms with Gasteiger partial charge < -0.3 is 0 Å². The zero-order chi connectivity index (χ0) is 13.2. The molecule has 0 aliphatic heterocycles. The summed E-state index contributed by atoms with van der Waals surface area (Å²) in [6, 6.07) is 6.99. The highest BCUT2D eigenvalue weighted by atomic mass is 35.5. The molecule has 0 amide bonds. The number of nitrogens with zero attached hydrogens (tertiary/aromatic N) is 1. The molecule has 0 bridgehead atoms. The Balaban J connectivity index is 2.37. The Kier molecular flexibility index (Phi) is 3.58. The molecule has 7 heteroatoms. The standard InChI is InChI=1S/C11H12ClN3O2S/c1-8-11(7-13-14-8)18(16,17)15-10-5-3-2-4-9(10)6-12/h2-5,7,15H,6H2,1H3,(H,13,14). The van der Waals surface area contributed by atoms with Crippen molar-refractivity contribution in [3.05, 3.63) is 41.7 Å². The summed E-state index contributed by atoms with van der Waals surface area (Å²) in [6.45, 7) is 1.65. The molecule has 1 aromatic carbocycles. The number of alkyl halides is 1. The highest BCUT2D eigenvalue weighted by Gasteiger charge is 2.19. The maximum atomic E-state index is 12.1. The lowest BCUT2D eigenvalue weighted by atomic mass is 10.2. The minimum absolute atomic E-state index is 0.131. The molecule has 0 spiro atoms. The van der Waals surface area contributed by atoms with Gasteiger partial charge in [0, 0.05) is 5.88 Å². The number of halogens is 1. The third kappa shape index (κ3) is 2.49. The maximum absolute atomic E-state index is 12.1. The number of H-pyrrole nitrogens is 1. The second kappa shape index (κ2) is 4.99. The van der Waals surface area contributed by atoms with E-state index in [9.17, 15) is 8.42 Å². The van der Waals surface area contributed by atoms with Gasteiger partial charge in [-0.05, 0) is 18.6 Å². The number of sulfonamides is 1. The van der Waals surface area contributed by atoms with Crippen molar-refractivity contribution >= 4 is 27.3 Å². The lowest BCUT2D eigenvalue weighted by molar-refractivity contribution is 0.600. The van der Waals surface area contributed by atoms with E-state index in [2.05, 4.69) is 14.9 Å². The van der Waals surface area contributed by atoms with E-state index in [-0.39, 0.29) is 10.8 Å². The van der Waals surface area contributed by atoms with E-state index in [0.29, 0.717) is 11.4 Å². The zero-order valence-electron chi connectivity index (χ0n) is 9.64. The topological polar surface area (TPSA) is 74.8 Å². The van der Waals surface area contributed by atoms with Crippen LogP contribution >= 0.6 is 11.6 Å². The Morgan fingerprint density at radius 1 is 1.39 bits per heavy atom. The largest absolute Gasteiger partial charge is 0.281 e. The van der Waals surface area contributed by atoms with Crippen LogP contribution in [0.25, 0.3) is 0 Å². The monoisotopic (exact) mass is 285 g/mol. The van der Waals surface area contributed by atoms with E-state index < -0.39 is 10.0 Å². The molecule has 96 valence electrons. The summed E-state index contributed by atoms with van der Waals surface area (Å²) in [5.41, 5.74) is 1.70. The van der Waals surface area contributed by atoms with Gasteiger partial charge in [0.2, 0.25) is 0 Å². The molecule has 1 heterocycles. The molecule has 1 aromatic heterocycles. The number of benzene rings is 1. The first-order valence-corrected chi connectivity index (χ1v) is 7.23. The number of hydrogen-bond donors (Lipinski definition) is 2. The molecular weight excluding hydrogens is 274 g/mol. The number of hydrogen-bond acceptors (Lipinski definition) is 3. The fourth-order valence-corrected chi connectivity index (χ4v) is 3.02. The summed E-state index contributed by atoms with van der Waals surface area (Å²) in [7, 11) is -3.64. The first-order valence-electron chi connectivity index (χ1n) is 5.21. The van der Waals surface area contributed by atoms with Crippen molar-refractivity contribution in [2.24, 2.45) is 0 Å². The highest BCUT2D eigenvalue weighted by Crippen LogP contribution is 2.22. The average Bonchev–Trinajstić information content (AvgIpc) is 2.76. The summed E-state index contributed by atoms with van der Waals surface area (Å²) < 4.78 is 26.8. The molecule has 18 heavy (non-hydrogen) atoms. The van der Waals surface area contributed by atoms with Gasteiger partial charge in [0.25, 0.3) is 10.0 Å². The van der Waals surface area contributed by atoms with E-state index in [0.717, 1.165) is 5.56 Å². The van der Waals surface area contributed by atoms with Crippen LogP contribution in [-0.4, -0.2) is 18.6 Å². The van der Waals surface area contributed by atoms with Crippen molar-refractivity contribution in [1.82, 2.24) is 10.2 Å². The quantitative estimate of drug-likeness (QED) is 0.846. The molecule has 0 fully saturated rings. The first kappa shape index (κ1) is 12.9. The maximum Gasteiger partial charge on any atom is 0.265 e. The van der Waals surface area contributed by atoms with Crippen LogP contribution in [0.15, 0.2) is 35.4 Å². The number of anilines is 1. The minimum atomic E-state index is -3.64. The van der Waals surface area contributed by atoms with Crippen molar-refractivity contribution in [1.29, 1.82) is 0 Å². The van der Waals surface area contributed by atoms with Gasteiger partial charge in [-0.1, -0.05) is 18.2 Å². The van der Waals surface area contributed by atoms with Gasteiger partial charge in [-0.25, -0.2) is 8.42 Å². The minimum Gasteiger partial charge on any atom is -0.281 e. The Hall–Kier alpha value is -1.53. The van der Waals surface area contributed by atoms with Crippen LogP contribution in [0.5, 0.6) is 0 Å². The van der Waals surface area contributed by atoms with Gasteiger partial charge in [-0.15, -0.1) is 11.6 Å². The summed E-state index contributed by atoms with van der Waals surface area (Å²) >= 11 is 5.76. The number of aryl methyl sites for hydroxylation is 1. The van der Waals surface area contributed by atoms with Crippen molar-refractivity contribution in [3.8, 4) is 0 Å². The number of nitrogens with one attached hydrogen (secondary N) is 2. The van der Waals surface area contributed by atoms with Gasteiger partial charge >= 0.3 is 0 Å². The number of para-hydroxylation sites is 1. The van der Waals surface area contributed by atoms with Crippen molar-refractivity contribution < 1.29 is 8.42 Å². The van der Waals surface area contributed by atoms with Crippen LogP contribution in [0.1, 0.15) is 11.3 Å². The Morgan fingerprint density at radius 3 is 2.72 bits per heavy atom. The fourth-order valence-electron chi connectivity index (χ4n) is 1.55. The van der Waals surface area contributed by atoms with Gasteiger partial charge in [0.05, 0.1) is 17.6 Å². The van der Waals surface area contributed by atoms with Crippen LogP contribution in [0, 0.1) is 6.92 Å². The zero-order valence-corrected chi connectivity index (χ0v) is 11.2. The molecule has 0 aliphatic rings. The second-order valence-corrected chi connectivity index (χ2v) is 5.67. The van der Waals surface area contributed by atoms with Crippen molar-refractivity contribution in [2.75, 3.05) is 4.72 Å². The van der Waals surface area contributed by atoms with E-state index in [1.54, 1.807) is 31.2 Å². The smallest absolute Gasteiger partial charge is 0.265 e.